The minimum absolute atomic E-state index is 0.577. The van der Waals surface area contributed by atoms with Crippen molar-refractivity contribution in [2.75, 3.05) is 0 Å². The Morgan fingerprint density at radius 3 is 2.00 bits per heavy atom. The summed E-state index contributed by atoms with van der Waals surface area (Å²) in [5.41, 5.74) is 2.13. The topological polar surface area (TPSA) is 0 Å². The fourth-order valence-electron chi connectivity index (χ4n) is 5.46. The summed E-state index contributed by atoms with van der Waals surface area (Å²) in [5.74, 6) is 2.03. The molecule has 0 aliphatic heterocycles. The predicted molar refractivity (Wildman–Crippen MR) is 99.1 cm³/mol. The van der Waals surface area contributed by atoms with E-state index in [1.54, 1.807) is 32.1 Å². The van der Waals surface area contributed by atoms with Gasteiger partial charge in [-0.25, -0.2) is 0 Å². The van der Waals surface area contributed by atoms with E-state index in [9.17, 15) is 0 Å². The van der Waals surface area contributed by atoms with E-state index < -0.39 is 0 Å². The summed E-state index contributed by atoms with van der Waals surface area (Å²) in [6, 6.07) is 0. The third kappa shape index (κ3) is 4.75. The van der Waals surface area contributed by atoms with Gasteiger partial charge in [-0.2, -0.15) is 0 Å². The Morgan fingerprint density at radius 1 is 0.727 bits per heavy atom. The van der Waals surface area contributed by atoms with Crippen LogP contribution in [-0.2, 0) is 0 Å². The van der Waals surface area contributed by atoms with Gasteiger partial charge in [0.25, 0.3) is 0 Å². The van der Waals surface area contributed by atoms with Crippen LogP contribution in [0.1, 0.15) is 112 Å². The zero-order chi connectivity index (χ0) is 16.4. The lowest BCUT2D eigenvalue weighted by Crippen LogP contribution is -2.18. The molecule has 0 heteroatoms. The van der Waals surface area contributed by atoms with Crippen molar-refractivity contribution in [3.8, 4) is 0 Å². The second kappa shape index (κ2) is 6.86. The highest BCUT2D eigenvalue weighted by Gasteiger charge is 2.51. The van der Waals surface area contributed by atoms with Crippen LogP contribution < -0.4 is 0 Å². The molecule has 0 saturated heterocycles. The largest absolute Gasteiger partial charge is 0.0683 e. The van der Waals surface area contributed by atoms with Crippen LogP contribution >= 0.6 is 0 Å². The van der Waals surface area contributed by atoms with Crippen molar-refractivity contribution >= 4 is 0 Å². The molecule has 0 bridgehead atoms. The highest BCUT2D eigenvalue weighted by Crippen LogP contribution is 2.62. The molecule has 0 aromatic rings. The normalized spacial score (nSPS) is 40.1. The van der Waals surface area contributed by atoms with Gasteiger partial charge in [-0.05, 0) is 85.9 Å². The van der Waals surface area contributed by atoms with E-state index in [1.807, 2.05) is 13.8 Å². The van der Waals surface area contributed by atoms with Crippen molar-refractivity contribution in [2.24, 2.45) is 28.1 Å². The third-order valence-electron chi connectivity index (χ3n) is 7.05. The zero-order valence-corrected chi connectivity index (χ0v) is 16.4. The summed E-state index contributed by atoms with van der Waals surface area (Å²) in [6.07, 6.45) is 16.6. The second-order valence-corrected chi connectivity index (χ2v) is 9.98. The molecule has 3 unspecified atom stereocenters. The molecule has 3 atom stereocenters. The first kappa shape index (κ1) is 18.3. The first-order chi connectivity index (χ1) is 10.3. The Kier molecular flexibility index (Phi) is 5.72. The second-order valence-electron chi connectivity index (χ2n) is 9.98. The van der Waals surface area contributed by atoms with Gasteiger partial charge in [0, 0.05) is 0 Å². The molecule has 1 spiro atoms. The maximum atomic E-state index is 2.57. The minimum atomic E-state index is 0.577. The van der Waals surface area contributed by atoms with Gasteiger partial charge in [-0.15, -0.1) is 0 Å². The SMILES string of the molecule is CC.CC1CC(C)(C)CCCCC2(C)CC2CCC2(CC2)C1. The van der Waals surface area contributed by atoms with Gasteiger partial charge in [0.05, 0.1) is 0 Å². The van der Waals surface area contributed by atoms with E-state index >= 15 is 0 Å². The predicted octanol–water partition coefficient (Wildman–Crippen LogP) is 7.62. The lowest BCUT2D eigenvalue weighted by Gasteiger charge is -2.30. The molecule has 0 heterocycles. The zero-order valence-electron chi connectivity index (χ0n) is 16.4. The monoisotopic (exact) mass is 306 g/mol. The van der Waals surface area contributed by atoms with Gasteiger partial charge in [0.15, 0.2) is 0 Å². The molecule has 0 radical (unpaired) electrons. The number of hydrogen-bond donors (Lipinski definition) is 0. The van der Waals surface area contributed by atoms with Crippen LogP contribution in [-0.4, -0.2) is 0 Å². The van der Waals surface area contributed by atoms with Crippen LogP contribution in [0.15, 0.2) is 0 Å². The molecule has 130 valence electrons. The van der Waals surface area contributed by atoms with Gasteiger partial charge in [-0.1, -0.05) is 54.4 Å². The molecule has 3 fully saturated rings. The van der Waals surface area contributed by atoms with E-state index in [-0.39, 0.29) is 0 Å². The molecular weight excluding hydrogens is 264 g/mol. The van der Waals surface area contributed by atoms with Crippen LogP contribution in [0.25, 0.3) is 0 Å². The number of hydrogen-bond acceptors (Lipinski definition) is 0. The van der Waals surface area contributed by atoms with Crippen molar-refractivity contribution in [3.05, 3.63) is 0 Å². The van der Waals surface area contributed by atoms with Crippen molar-refractivity contribution in [2.45, 2.75) is 112 Å². The molecule has 0 amide bonds. The molecule has 0 N–H and O–H groups in total. The standard InChI is InChI=1S/C20H36.C2H6/c1-16-13-18(2,3)8-5-6-9-19(4)15-17(19)7-10-20(14-16)11-12-20;1-2/h16-17H,5-15H2,1-4H3;1-2H3. The summed E-state index contributed by atoms with van der Waals surface area (Å²) in [7, 11) is 0. The minimum Gasteiger partial charge on any atom is -0.0683 e. The van der Waals surface area contributed by atoms with Gasteiger partial charge in [-0.3, -0.25) is 0 Å². The molecule has 3 rings (SSSR count). The van der Waals surface area contributed by atoms with Crippen LogP contribution in [0, 0.1) is 28.1 Å². The Labute approximate surface area is 140 Å². The summed E-state index contributed by atoms with van der Waals surface area (Å²) < 4.78 is 0. The lowest BCUT2D eigenvalue weighted by molar-refractivity contribution is 0.215. The third-order valence-corrected chi connectivity index (χ3v) is 7.05. The molecule has 3 saturated carbocycles. The van der Waals surface area contributed by atoms with Gasteiger partial charge >= 0.3 is 0 Å². The molecule has 22 heavy (non-hydrogen) atoms. The number of fused-ring (bicyclic) bond motifs is 1. The van der Waals surface area contributed by atoms with Crippen molar-refractivity contribution in [1.82, 2.24) is 0 Å². The Hall–Kier alpha value is 0. The Balaban J connectivity index is 0.000000847. The van der Waals surface area contributed by atoms with Crippen LogP contribution in [0.3, 0.4) is 0 Å². The van der Waals surface area contributed by atoms with Crippen LogP contribution in [0.5, 0.6) is 0 Å². The first-order valence-electron chi connectivity index (χ1n) is 10.3. The van der Waals surface area contributed by atoms with Crippen LogP contribution in [0.4, 0.5) is 0 Å². The summed E-state index contributed by atoms with van der Waals surface area (Å²) in [5, 5.41) is 0. The van der Waals surface area contributed by atoms with Gasteiger partial charge in [0.2, 0.25) is 0 Å². The molecule has 3 aliphatic carbocycles. The summed E-state index contributed by atoms with van der Waals surface area (Å²) >= 11 is 0. The highest BCUT2D eigenvalue weighted by molar-refractivity contribution is 5.02. The Morgan fingerprint density at radius 2 is 1.36 bits per heavy atom. The molecule has 0 nitrogen and oxygen atoms in total. The quantitative estimate of drug-likeness (QED) is 0.432. The fraction of sp³-hybridized carbons (Fsp3) is 1.00. The van der Waals surface area contributed by atoms with Gasteiger partial charge in [0.1, 0.15) is 0 Å². The maximum Gasteiger partial charge on any atom is -0.0294 e. The number of rotatable bonds is 0. The maximum absolute atomic E-state index is 2.57. The average molecular weight is 307 g/mol. The van der Waals surface area contributed by atoms with E-state index in [2.05, 4.69) is 27.7 Å². The summed E-state index contributed by atoms with van der Waals surface area (Å²) in [4.78, 5) is 0. The van der Waals surface area contributed by atoms with E-state index in [1.165, 1.54) is 38.5 Å². The van der Waals surface area contributed by atoms with Crippen molar-refractivity contribution < 1.29 is 0 Å². The lowest BCUT2D eigenvalue weighted by atomic mass is 9.76. The van der Waals surface area contributed by atoms with Crippen molar-refractivity contribution in [3.63, 3.8) is 0 Å². The molecule has 0 aromatic heterocycles. The Bertz CT molecular complexity index is 349. The fourth-order valence-corrected chi connectivity index (χ4v) is 5.46. The molecular formula is C22H42. The van der Waals surface area contributed by atoms with E-state index in [4.69, 9.17) is 0 Å². The van der Waals surface area contributed by atoms with E-state index in [0.717, 1.165) is 22.7 Å². The smallest absolute Gasteiger partial charge is 0.0294 e. The van der Waals surface area contributed by atoms with E-state index in [0.29, 0.717) is 5.41 Å². The van der Waals surface area contributed by atoms with Crippen molar-refractivity contribution in [1.29, 1.82) is 0 Å². The van der Waals surface area contributed by atoms with Crippen LogP contribution in [0.2, 0.25) is 0 Å². The average Bonchev–Trinajstić information content (AvgIpc) is 3.33. The summed E-state index contributed by atoms with van der Waals surface area (Å²) in [6.45, 7) is 14.1. The highest BCUT2D eigenvalue weighted by atomic mass is 14.6. The molecule has 0 aromatic carbocycles. The van der Waals surface area contributed by atoms with Gasteiger partial charge < -0.3 is 0 Å². The molecule has 3 aliphatic rings. The first-order valence-corrected chi connectivity index (χ1v) is 10.3.